The lowest BCUT2D eigenvalue weighted by molar-refractivity contribution is 0.577. The van der Waals surface area contributed by atoms with E-state index < -0.39 is 10.0 Å². The molecule has 20 heavy (non-hydrogen) atoms. The molecule has 0 saturated heterocycles. The van der Waals surface area contributed by atoms with Gasteiger partial charge in [0.05, 0.1) is 6.20 Å². The van der Waals surface area contributed by atoms with Crippen LogP contribution in [0.2, 0.25) is 0 Å². The van der Waals surface area contributed by atoms with Gasteiger partial charge in [-0.1, -0.05) is 6.07 Å². The van der Waals surface area contributed by atoms with E-state index in [-0.39, 0.29) is 11.6 Å². The number of aryl methyl sites for hydroxylation is 1. The van der Waals surface area contributed by atoms with Crippen LogP contribution in [0.4, 0.5) is 0 Å². The third-order valence-electron chi connectivity index (χ3n) is 2.84. The van der Waals surface area contributed by atoms with Crippen LogP contribution in [0, 0.1) is 6.92 Å². The molecule has 0 saturated carbocycles. The van der Waals surface area contributed by atoms with Crippen LogP contribution in [0.15, 0.2) is 29.6 Å². The van der Waals surface area contributed by atoms with Crippen molar-refractivity contribution in [3.63, 3.8) is 0 Å². The minimum absolute atomic E-state index is 0.0125. The summed E-state index contributed by atoms with van der Waals surface area (Å²) in [6.45, 7) is 2.67. The van der Waals surface area contributed by atoms with Crippen molar-refractivity contribution >= 4 is 10.0 Å². The molecule has 3 N–H and O–H groups in total. The summed E-state index contributed by atoms with van der Waals surface area (Å²) in [4.78, 5) is 3.98. The standard InChI is InChI=1S/C12H17N5O2S/c1-9-11(7-15-17-9)8-16-20(18,19)12-4-3-10(5-13-2)6-14-12/h3-4,6-7,13,16H,5,8H2,1-2H3,(H,15,17). The molecule has 0 amide bonds. The first-order valence-corrected chi connectivity index (χ1v) is 7.59. The number of hydrogen-bond acceptors (Lipinski definition) is 5. The second-order valence-electron chi connectivity index (χ2n) is 4.38. The normalized spacial score (nSPS) is 11.7. The van der Waals surface area contributed by atoms with Gasteiger partial charge in [-0.25, -0.2) is 18.1 Å². The molecule has 0 fully saturated rings. The minimum Gasteiger partial charge on any atom is -0.316 e. The minimum atomic E-state index is -3.61. The predicted molar refractivity (Wildman–Crippen MR) is 74.4 cm³/mol. The van der Waals surface area contributed by atoms with Gasteiger partial charge in [-0.05, 0) is 25.6 Å². The molecular formula is C12H17N5O2S. The fraction of sp³-hybridized carbons (Fsp3) is 0.333. The van der Waals surface area contributed by atoms with Crippen LogP contribution >= 0.6 is 0 Å². The van der Waals surface area contributed by atoms with Gasteiger partial charge in [0.2, 0.25) is 0 Å². The lowest BCUT2D eigenvalue weighted by Gasteiger charge is -2.06. The summed E-state index contributed by atoms with van der Waals surface area (Å²) in [7, 11) is -1.79. The predicted octanol–water partition coefficient (Wildman–Crippen LogP) is 0.311. The van der Waals surface area contributed by atoms with E-state index in [2.05, 4.69) is 25.2 Å². The topological polar surface area (TPSA) is 99.8 Å². The molecule has 0 aliphatic rings. The highest BCUT2D eigenvalue weighted by Gasteiger charge is 2.16. The second-order valence-corrected chi connectivity index (χ2v) is 6.09. The Balaban J connectivity index is 2.08. The first-order valence-electron chi connectivity index (χ1n) is 6.11. The molecule has 8 heteroatoms. The Morgan fingerprint density at radius 1 is 1.25 bits per heavy atom. The van der Waals surface area contributed by atoms with Gasteiger partial charge in [0, 0.05) is 30.5 Å². The van der Waals surface area contributed by atoms with Crippen molar-refractivity contribution in [2.75, 3.05) is 7.05 Å². The van der Waals surface area contributed by atoms with E-state index in [1.807, 2.05) is 14.0 Å². The zero-order chi connectivity index (χ0) is 14.6. The molecule has 2 heterocycles. The number of aromatic amines is 1. The van der Waals surface area contributed by atoms with Crippen LogP contribution in [-0.2, 0) is 23.1 Å². The number of aromatic nitrogens is 3. The molecule has 2 rings (SSSR count). The molecule has 2 aromatic rings. The third kappa shape index (κ3) is 3.41. The molecule has 0 radical (unpaired) electrons. The summed E-state index contributed by atoms with van der Waals surface area (Å²) in [6, 6.07) is 3.23. The Morgan fingerprint density at radius 3 is 2.60 bits per heavy atom. The van der Waals surface area contributed by atoms with Crippen LogP contribution in [0.25, 0.3) is 0 Å². The highest BCUT2D eigenvalue weighted by atomic mass is 32.2. The summed E-state index contributed by atoms with van der Waals surface area (Å²) in [5, 5.41) is 9.59. The summed E-state index contributed by atoms with van der Waals surface area (Å²) >= 11 is 0. The molecule has 0 atom stereocenters. The molecule has 2 aromatic heterocycles. The monoisotopic (exact) mass is 295 g/mol. The van der Waals surface area contributed by atoms with E-state index in [4.69, 9.17) is 0 Å². The Morgan fingerprint density at radius 2 is 2.05 bits per heavy atom. The number of nitrogens with zero attached hydrogens (tertiary/aromatic N) is 2. The average molecular weight is 295 g/mol. The first-order chi connectivity index (χ1) is 9.53. The summed E-state index contributed by atoms with van der Waals surface area (Å²) in [6.07, 6.45) is 3.15. The van der Waals surface area contributed by atoms with Crippen LogP contribution in [-0.4, -0.2) is 30.6 Å². The van der Waals surface area contributed by atoms with Gasteiger partial charge < -0.3 is 5.32 Å². The molecule has 0 aromatic carbocycles. The first kappa shape index (κ1) is 14.6. The largest absolute Gasteiger partial charge is 0.316 e. The zero-order valence-electron chi connectivity index (χ0n) is 11.3. The van der Waals surface area contributed by atoms with Crippen LogP contribution in [0.5, 0.6) is 0 Å². The van der Waals surface area contributed by atoms with Gasteiger partial charge in [0.15, 0.2) is 5.03 Å². The Kier molecular flexibility index (Phi) is 4.48. The van der Waals surface area contributed by atoms with Crippen molar-refractivity contribution in [3.05, 3.63) is 41.3 Å². The summed E-state index contributed by atoms with van der Waals surface area (Å²) < 4.78 is 26.7. The summed E-state index contributed by atoms with van der Waals surface area (Å²) in [5.74, 6) is 0. The van der Waals surface area contributed by atoms with Crippen LogP contribution in [0.1, 0.15) is 16.8 Å². The molecule has 7 nitrogen and oxygen atoms in total. The van der Waals surface area contributed by atoms with Gasteiger partial charge in [-0.3, -0.25) is 5.10 Å². The molecular weight excluding hydrogens is 278 g/mol. The summed E-state index contributed by atoms with van der Waals surface area (Å²) in [5.41, 5.74) is 2.57. The van der Waals surface area contributed by atoms with E-state index >= 15 is 0 Å². The van der Waals surface area contributed by atoms with Gasteiger partial charge in [0.25, 0.3) is 10.0 Å². The number of H-pyrrole nitrogens is 1. The van der Waals surface area contributed by atoms with E-state index in [1.165, 1.54) is 6.07 Å². The average Bonchev–Trinajstić information content (AvgIpc) is 2.83. The smallest absolute Gasteiger partial charge is 0.258 e. The highest BCUT2D eigenvalue weighted by Crippen LogP contribution is 2.09. The van der Waals surface area contributed by atoms with Crippen LogP contribution in [0.3, 0.4) is 0 Å². The van der Waals surface area contributed by atoms with Crippen molar-refractivity contribution in [1.82, 2.24) is 25.2 Å². The number of sulfonamides is 1. The Bertz CT molecular complexity index is 663. The Labute approximate surface area is 117 Å². The molecule has 0 unspecified atom stereocenters. The highest BCUT2D eigenvalue weighted by molar-refractivity contribution is 7.89. The number of pyridine rings is 1. The van der Waals surface area contributed by atoms with Crippen molar-refractivity contribution in [1.29, 1.82) is 0 Å². The van der Waals surface area contributed by atoms with Crippen molar-refractivity contribution < 1.29 is 8.42 Å². The quantitative estimate of drug-likeness (QED) is 0.712. The number of hydrogen-bond donors (Lipinski definition) is 3. The Hall–Kier alpha value is -1.77. The van der Waals surface area contributed by atoms with Gasteiger partial charge in [-0.15, -0.1) is 0 Å². The van der Waals surface area contributed by atoms with E-state index in [0.29, 0.717) is 6.54 Å². The molecule has 0 aliphatic carbocycles. The number of nitrogens with one attached hydrogen (secondary N) is 3. The fourth-order valence-corrected chi connectivity index (χ4v) is 2.61. The van der Waals surface area contributed by atoms with Crippen LogP contribution < -0.4 is 10.0 Å². The second kappa shape index (κ2) is 6.12. The maximum atomic E-state index is 12.1. The van der Waals surface area contributed by atoms with Gasteiger partial charge in [-0.2, -0.15) is 5.10 Å². The maximum absolute atomic E-state index is 12.1. The van der Waals surface area contributed by atoms with Crippen molar-refractivity contribution in [2.24, 2.45) is 0 Å². The molecule has 0 spiro atoms. The lowest BCUT2D eigenvalue weighted by Crippen LogP contribution is -2.24. The molecule has 0 bridgehead atoms. The zero-order valence-corrected chi connectivity index (χ0v) is 12.2. The van der Waals surface area contributed by atoms with E-state index in [9.17, 15) is 8.42 Å². The van der Waals surface area contributed by atoms with Crippen molar-refractivity contribution in [2.45, 2.75) is 25.0 Å². The third-order valence-corrected chi connectivity index (χ3v) is 4.16. The number of rotatable bonds is 6. The fourth-order valence-electron chi connectivity index (χ4n) is 1.68. The van der Waals surface area contributed by atoms with Gasteiger partial charge in [0.1, 0.15) is 0 Å². The molecule has 0 aliphatic heterocycles. The molecule has 108 valence electrons. The maximum Gasteiger partial charge on any atom is 0.258 e. The van der Waals surface area contributed by atoms with E-state index in [0.717, 1.165) is 16.8 Å². The SMILES string of the molecule is CNCc1ccc(S(=O)(=O)NCc2cn[nH]c2C)nc1. The lowest BCUT2D eigenvalue weighted by atomic mass is 10.3. The van der Waals surface area contributed by atoms with E-state index in [1.54, 1.807) is 18.5 Å². The van der Waals surface area contributed by atoms with Crippen molar-refractivity contribution in [3.8, 4) is 0 Å². The van der Waals surface area contributed by atoms with Gasteiger partial charge >= 0.3 is 0 Å².